The number of anilines is 2. The summed E-state index contributed by atoms with van der Waals surface area (Å²) in [5, 5.41) is 2.87. The van der Waals surface area contributed by atoms with Crippen LogP contribution in [0.5, 0.6) is 0 Å². The zero-order chi connectivity index (χ0) is 13.0. The number of carbonyl (C=O) groups excluding carboxylic acids is 1. The molecule has 4 heteroatoms. The fourth-order valence-electron chi connectivity index (χ4n) is 2.33. The maximum atomic E-state index is 11.8. The van der Waals surface area contributed by atoms with E-state index < -0.39 is 0 Å². The number of rotatable bonds is 4. The summed E-state index contributed by atoms with van der Waals surface area (Å²) in [5.74, 6) is 0.821. The van der Waals surface area contributed by atoms with Gasteiger partial charge >= 0.3 is 0 Å². The number of nitrogens with one attached hydrogen (secondary N) is 1. The van der Waals surface area contributed by atoms with Gasteiger partial charge in [-0.1, -0.05) is 13.0 Å². The second-order valence-electron chi connectivity index (χ2n) is 5.12. The molecule has 1 atom stereocenters. The van der Waals surface area contributed by atoms with Crippen LogP contribution in [0.25, 0.3) is 0 Å². The van der Waals surface area contributed by atoms with Crippen LogP contribution >= 0.6 is 0 Å². The molecule has 1 unspecified atom stereocenters. The van der Waals surface area contributed by atoms with Crippen molar-refractivity contribution >= 4 is 17.3 Å². The van der Waals surface area contributed by atoms with Crippen LogP contribution in [-0.4, -0.2) is 30.4 Å². The molecule has 1 fully saturated rings. The van der Waals surface area contributed by atoms with Crippen molar-refractivity contribution in [2.75, 3.05) is 30.7 Å². The van der Waals surface area contributed by atoms with Crippen molar-refractivity contribution in [3.8, 4) is 0 Å². The van der Waals surface area contributed by atoms with Gasteiger partial charge in [0.2, 0.25) is 5.91 Å². The van der Waals surface area contributed by atoms with Gasteiger partial charge in [0, 0.05) is 30.9 Å². The highest BCUT2D eigenvalue weighted by Crippen LogP contribution is 2.15. The molecule has 4 nitrogen and oxygen atoms in total. The first kappa shape index (κ1) is 12.9. The van der Waals surface area contributed by atoms with E-state index in [0.717, 1.165) is 31.2 Å². The fourth-order valence-corrected chi connectivity index (χ4v) is 2.33. The van der Waals surface area contributed by atoms with E-state index in [9.17, 15) is 4.79 Å². The van der Waals surface area contributed by atoms with Gasteiger partial charge in [0.1, 0.15) is 0 Å². The van der Waals surface area contributed by atoms with E-state index in [4.69, 9.17) is 5.73 Å². The number of likely N-dealkylation sites (tertiary alicyclic amines) is 1. The third-order valence-electron chi connectivity index (χ3n) is 3.33. The Bertz CT molecular complexity index is 419. The van der Waals surface area contributed by atoms with Gasteiger partial charge in [0.25, 0.3) is 0 Å². The summed E-state index contributed by atoms with van der Waals surface area (Å²) in [6.45, 7) is 5.34. The Labute approximate surface area is 108 Å². The maximum Gasteiger partial charge on any atom is 0.225 e. The van der Waals surface area contributed by atoms with Gasteiger partial charge in [0.05, 0.1) is 0 Å². The molecule has 2 rings (SSSR count). The summed E-state index contributed by atoms with van der Waals surface area (Å²) in [5.41, 5.74) is 7.10. The van der Waals surface area contributed by atoms with E-state index in [1.54, 1.807) is 12.1 Å². The van der Waals surface area contributed by atoms with Crippen molar-refractivity contribution < 1.29 is 4.79 Å². The molecule has 1 aliphatic heterocycles. The first-order chi connectivity index (χ1) is 8.63. The Morgan fingerprint density at radius 1 is 1.56 bits per heavy atom. The molecule has 1 amide bonds. The molecule has 1 saturated heterocycles. The topological polar surface area (TPSA) is 58.4 Å². The molecule has 98 valence electrons. The normalized spacial score (nSPS) is 19.9. The van der Waals surface area contributed by atoms with E-state index in [1.807, 2.05) is 12.1 Å². The van der Waals surface area contributed by atoms with Gasteiger partial charge in [-0.05, 0) is 37.1 Å². The Morgan fingerprint density at radius 3 is 3.06 bits per heavy atom. The minimum atomic E-state index is 0.0557. The number of nitrogen functional groups attached to an aromatic ring is 1. The first-order valence-electron chi connectivity index (χ1n) is 6.51. The summed E-state index contributed by atoms with van der Waals surface area (Å²) in [6.07, 6.45) is 1.79. The van der Waals surface area contributed by atoms with Crippen LogP contribution in [0.3, 0.4) is 0 Å². The average molecular weight is 247 g/mol. The van der Waals surface area contributed by atoms with E-state index in [1.165, 1.54) is 6.42 Å². The highest BCUT2D eigenvalue weighted by atomic mass is 16.1. The standard InChI is InChI=1S/C14H21N3O/c1-11-5-7-17(10-11)8-6-14(18)16-13-4-2-3-12(15)9-13/h2-4,9,11H,5-8,10,15H2,1H3,(H,16,18). The largest absolute Gasteiger partial charge is 0.399 e. The minimum Gasteiger partial charge on any atom is -0.399 e. The zero-order valence-electron chi connectivity index (χ0n) is 10.9. The molecule has 1 aliphatic rings. The van der Waals surface area contributed by atoms with Gasteiger partial charge in [-0.25, -0.2) is 0 Å². The van der Waals surface area contributed by atoms with Gasteiger partial charge in [-0.2, -0.15) is 0 Å². The van der Waals surface area contributed by atoms with Gasteiger partial charge in [-0.3, -0.25) is 4.79 Å². The lowest BCUT2D eigenvalue weighted by molar-refractivity contribution is -0.116. The van der Waals surface area contributed by atoms with Crippen molar-refractivity contribution in [1.82, 2.24) is 4.90 Å². The number of benzene rings is 1. The monoisotopic (exact) mass is 247 g/mol. The third-order valence-corrected chi connectivity index (χ3v) is 3.33. The first-order valence-corrected chi connectivity index (χ1v) is 6.51. The van der Waals surface area contributed by atoms with Crippen LogP contribution in [0.4, 0.5) is 11.4 Å². The van der Waals surface area contributed by atoms with Crippen LogP contribution in [0, 0.1) is 5.92 Å². The van der Waals surface area contributed by atoms with E-state index in [2.05, 4.69) is 17.1 Å². The highest BCUT2D eigenvalue weighted by Gasteiger charge is 2.18. The van der Waals surface area contributed by atoms with Crippen LogP contribution in [0.2, 0.25) is 0 Å². The van der Waals surface area contributed by atoms with Crippen molar-refractivity contribution in [3.05, 3.63) is 24.3 Å². The van der Waals surface area contributed by atoms with Gasteiger partial charge < -0.3 is 16.0 Å². The Balaban J connectivity index is 1.75. The second kappa shape index (κ2) is 5.87. The highest BCUT2D eigenvalue weighted by molar-refractivity contribution is 5.91. The van der Waals surface area contributed by atoms with Gasteiger partial charge in [0.15, 0.2) is 0 Å². The summed E-state index contributed by atoms with van der Waals surface area (Å²) in [6, 6.07) is 7.27. The van der Waals surface area contributed by atoms with Crippen molar-refractivity contribution in [2.45, 2.75) is 19.8 Å². The molecule has 0 bridgehead atoms. The summed E-state index contributed by atoms with van der Waals surface area (Å²) in [4.78, 5) is 14.1. The molecule has 0 aliphatic carbocycles. The number of carbonyl (C=O) groups is 1. The third kappa shape index (κ3) is 3.74. The fraction of sp³-hybridized carbons (Fsp3) is 0.500. The molecule has 0 aromatic heterocycles. The number of nitrogens with zero attached hydrogens (tertiary/aromatic N) is 1. The average Bonchev–Trinajstić information content (AvgIpc) is 2.73. The van der Waals surface area contributed by atoms with Crippen molar-refractivity contribution in [1.29, 1.82) is 0 Å². The van der Waals surface area contributed by atoms with Crippen LogP contribution in [0.15, 0.2) is 24.3 Å². The number of nitrogens with two attached hydrogens (primary N) is 1. The number of hydrogen-bond donors (Lipinski definition) is 2. The molecule has 18 heavy (non-hydrogen) atoms. The lowest BCUT2D eigenvalue weighted by atomic mass is 10.2. The molecule has 1 aromatic carbocycles. The Kier molecular flexibility index (Phi) is 4.20. The molecule has 0 radical (unpaired) electrons. The van der Waals surface area contributed by atoms with Crippen LogP contribution in [0.1, 0.15) is 19.8 Å². The van der Waals surface area contributed by atoms with E-state index >= 15 is 0 Å². The quantitative estimate of drug-likeness (QED) is 0.799. The number of hydrogen-bond acceptors (Lipinski definition) is 3. The lowest BCUT2D eigenvalue weighted by Crippen LogP contribution is -2.25. The lowest BCUT2D eigenvalue weighted by Gasteiger charge is -2.14. The molecular weight excluding hydrogens is 226 g/mol. The SMILES string of the molecule is CC1CCN(CCC(=O)Nc2cccc(N)c2)C1. The summed E-state index contributed by atoms with van der Waals surface area (Å²) >= 11 is 0. The Hall–Kier alpha value is -1.55. The molecule has 1 heterocycles. The smallest absolute Gasteiger partial charge is 0.225 e. The number of amides is 1. The predicted molar refractivity (Wildman–Crippen MR) is 74.3 cm³/mol. The molecule has 1 aromatic rings. The predicted octanol–water partition coefficient (Wildman–Crippen LogP) is 1.94. The summed E-state index contributed by atoms with van der Waals surface area (Å²) < 4.78 is 0. The molecule has 0 spiro atoms. The maximum absolute atomic E-state index is 11.8. The molecule has 3 N–H and O–H groups in total. The minimum absolute atomic E-state index is 0.0557. The molecular formula is C14H21N3O. The second-order valence-corrected chi connectivity index (χ2v) is 5.12. The van der Waals surface area contributed by atoms with Crippen molar-refractivity contribution in [3.63, 3.8) is 0 Å². The molecule has 0 saturated carbocycles. The van der Waals surface area contributed by atoms with E-state index in [0.29, 0.717) is 12.1 Å². The summed E-state index contributed by atoms with van der Waals surface area (Å²) in [7, 11) is 0. The van der Waals surface area contributed by atoms with Crippen LogP contribution < -0.4 is 11.1 Å². The van der Waals surface area contributed by atoms with E-state index in [-0.39, 0.29) is 5.91 Å². The van der Waals surface area contributed by atoms with Gasteiger partial charge in [-0.15, -0.1) is 0 Å². The van der Waals surface area contributed by atoms with Crippen molar-refractivity contribution in [2.24, 2.45) is 5.92 Å². The Morgan fingerprint density at radius 2 is 2.39 bits per heavy atom. The zero-order valence-corrected chi connectivity index (χ0v) is 10.9. The van der Waals surface area contributed by atoms with Crippen LogP contribution in [-0.2, 0) is 4.79 Å².